The number of amides is 6. The molecule has 9 heteroatoms. The first-order valence-corrected chi connectivity index (χ1v) is 11.2. The molecule has 1 fully saturated rings. The fraction of sp³-hybridized carbons (Fsp3) is 0.192. The molecular weight excluding hydrogens is 448 g/mol. The van der Waals surface area contributed by atoms with Crippen molar-refractivity contribution in [1.82, 2.24) is 15.1 Å². The predicted molar refractivity (Wildman–Crippen MR) is 128 cm³/mol. The highest BCUT2D eigenvalue weighted by molar-refractivity contribution is 6.15. The molecule has 0 aliphatic carbocycles. The lowest BCUT2D eigenvalue weighted by Crippen LogP contribution is -2.52. The van der Waals surface area contributed by atoms with Crippen LogP contribution < -0.4 is 10.6 Å². The summed E-state index contributed by atoms with van der Waals surface area (Å²) in [6.07, 6.45) is 0.363. The van der Waals surface area contributed by atoms with Crippen LogP contribution in [0.4, 0.5) is 10.5 Å². The zero-order valence-corrected chi connectivity index (χ0v) is 18.9. The lowest BCUT2D eigenvalue weighted by Gasteiger charge is -2.29. The van der Waals surface area contributed by atoms with Crippen LogP contribution in [0.25, 0.3) is 10.8 Å². The maximum absolute atomic E-state index is 13.3. The molecule has 5 rings (SSSR count). The molecule has 0 bridgehead atoms. The normalized spacial score (nSPS) is 17.2. The highest BCUT2D eigenvalue weighted by atomic mass is 16.2. The third kappa shape index (κ3) is 4.01. The van der Waals surface area contributed by atoms with Gasteiger partial charge in [-0.2, -0.15) is 0 Å². The number of piperidine rings is 1. The molecule has 1 atom stereocenters. The Kier molecular flexibility index (Phi) is 5.52. The minimum atomic E-state index is -0.788. The van der Waals surface area contributed by atoms with Crippen LogP contribution in [0.15, 0.2) is 60.7 Å². The molecule has 2 N–H and O–H groups in total. The molecule has 9 nitrogen and oxygen atoms in total. The second kappa shape index (κ2) is 8.68. The zero-order valence-electron chi connectivity index (χ0n) is 18.9. The van der Waals surface area contributed by atoms with E-state index in [0.717, 1.165) is 15.7 Å². The first-order valence-electron chi connectivity index (χ1n) is 11.2. The summed E-state index contributed by atoms with van der Waals surface area (Å²) < 4.78 is 0. The standard InChI is InChI=1S/C26H22N4O5/c1-29(26(35)27-18-10-9-15-5-2-3-6-16(15)13-18)24(33)19-8-4-7-17-14-30(25(34)22(17)19)20-11-12-21(31)28-23(20)32/h2-10,13,20H,11-12,14H2,1H3,(H,27,35)(H,28,31,32). The fourth-order valence-electron chi connectivity index (χ4n) is 4.54. The fourth-order valence-corrected chi connectivity index (χ4v) is 4.54. The van der Waals surface area contributed by atoms with E-state index in [1.165, 1.54) is 18.0 Å². The first kappa shape index (κ1) is 22.3. The van der Waals surface area contributed by atoms with Gasteiger partial charge in [0.15, 0.2) is 0 Å². The number of imide groups is 2. The van der Waals surface area contributed by atoms with Gasteiger partial charge in [-0.3, -0.25) is 29.4 Å². The molecule has 3 aromatic carbocycles. The Bertz CT molecular complexity index is 1420. The summed E-state index contributed by atoms with van der Waals surface area (Å²) in [6.45, 7) is 0.147. The van der Waals surface area contributed by atoms with Crippen LogP contribution >= 0.6 is 0 Å². The highest BCUT2D eigenvalue weighted by Gasteiger charge is 2.41. The number of anilines is 1. The van der Waals surface area contributed by atoms with E-state index in [1.807, 2.05) is 36.4 Å². The summed E-state index contributed by atoms with van der Waals surface area (Å²) in [5.74, 6) is -2.01. The number of carbonyl (C=O) groups excluding carboxylic acids is 5. The van der Waals surface area contributed by atoms with E-state index in [1.54, 1.807) is 18.2 Å². The molecule has 2 aliphatic rings. The van der Waals surface area contributed by atoms with Crippen LogP contribution in [0.3, 0.4) is 0 Å². The van der Waals surface area contributed by atoms with Gasteiger partial charge in [-0.25, -0.2) is 4.79 Å². The van der Waals surface area contributed by atoms with Crippen molar-refractivity contribution in [3.05, 3.63) is 77.4 Å². The Morgan fingerprint density at radius 1 is 1.00 bits per heavy atom. The van der Waals surface area contributed by atoms with Gasteiger partial charge in [-0.15, -0.1) is 0 Å². The number of fused-ring (bicyclic) bond motifs is 2. The number of nitrogens with one attached hydrogen (secondary N) is 2. The monoisotopic (exact) mass is 470 g/mol. The third-order valence-corrected chi connectivity index (χ3v) is 6.39. The summed E-state index contributed by atoms with van der Waals surface area (Å²) >= 11 is 0. The second-order valence-electron chi connectivity index (χ2n) is 8.60. The van der Waals surface area contributed by atoms with Gasteiger partial charge in [0, 0.05) is 25.7 Å². The third-order valence-electron chi connectivity index (χ3n) is 6.39. The Hall–Kier alpha value is -4.53. The van der Waals surface area contributed by atoms with Crippen LogP contribution in [0.2, 0.25) is 0 Å². The van der Waals surface area contributed by atoms with Crippen LogP contribution in [0.1, 0.15) is 39.1 Å². The maximum Gasteiger partial charge on any atom is 0.328 e. The number of nitrogens with zero attached hydrogens (tertiary/aromatic N) is 2. The Morgan fingerprint density at radius 3 is 2.54 bits per heavy atom. The average molecular weight is 470 g/mol. The molecule has 1 unspecified atom stereocenters. The van der Waals surface area contributed by atoms with E-state index < -0.39 is 29.8 Å². The van der Waals surface area contributed by atoms with Gasteiger partial charge < -0.3 is 10.2 Å². The molecule has 0 spiro atoms. The highest BCUT2D eigenvalue weighted by Crippen LogP contribution is 2.30. The van der Waals surface area contributed by atoms with Crippen molar-refractivity contribution < 1.29 is 24.0 Å². The van der Waals surface area contributed by atoms with Crippen molar-refractivity contribution in [3.8, 4) is 0 Å². The van der Waals surface area contributed by atoms with Gasteiger partial charge in [0.05, 0.1) is 11.1 Å². The van der Waals surface area contributed by atoms with E-state index in [0.29, 0.717) is 11.3 Å². The van der Waals surface area contributed by atoms with Crippen molar-refractivity contribution in [2.75, 3.05) is 12.4 Å². The molecule has 176 valence electrons. The van der Waals surface area contributed by atoms with E-state index in [-0.39, 0.29) is 36.4 Å². The predicted octanol–water partition coefficient (Wildman–Crippen LogP) is 2.90. The van der Waals surface area contributed by atoms with Crippen molar-refractivity contribution >= 4 is 46.1 Å². The number of hydrogen-bond donors (Lipinski definition) is 2. The maximum atomic E-state index is 13.3. The van der Waals surface area contributed by atoms with Crippen LogP contribution in [0, 0.1) is 0 Å². The molecule has 1 saturated heterocycles. The molecule has 2 aliphatic heterocycles. The zero-order chi connectivity index (χ0) is 24.7. The molecule has 6 amide bonds. The van der Waals surface area contributed by atoms with Gasteiger partial charge in [0.1, 0.15) is 6.04 Å². The molecule has 0 radical (unpaired) electrons. The van der Waals surface area contributed by atoms with E-state index in [4.69, 9.17) is 0 Å². The molecule has 0 aromatic heterocycles. The summed E-state index contributed by atoms with van der Waals surface area (Å²) in [4.78, 5) is 65.4. The van der Waals surface area contributed by atoms with Crippen molar-refractivity contribution in [3.63, 3.8) is 0 Å². The van der Waals surface area contributed by atoms with Gasteiger partial charge in [0.2, 0.25) is 11.8 Å². The minimum Gasteiger partial charge on any atom is -0.322 e. The van der Waals surface area contributed by atoms with Crippen molar-refractivity contribution in [2.45, 2.75) is 25.4 Å². The quantitative estimate of drug-likeness (QED) is 0.571. The lowest BCUT2D eigenvalue weighted by molar-refractivity contribution is -0.136. The van der Waals surface area contributed by atoms with Crippen LogP contribution in [0.5, 0.6) is 0 Å². The smallest absolute Gasteiger partial charge is 0.322 e. The topological polar surface area (TPSA) is 116 Å². The molecule has 3 aromatic rings. The summed E-state index contributed by atoms with van der Waals surface area (Å²) in [6, 6.07) is 16.6. The Labute approximate surface area is 200 Å². The molecule has 2 heterocycles. The number of carbonyl (C=O) groups is 5. The number of urea groups is 1. The first-order chi connectivity index (χ1) is 16.8. The summed E-state index contributed by atoms with van der Waals surface area (Å²) in [5, 5.41) is 6.94. The number of benzene rings is 3. The lowest BCUT2D eigenvalue weighted by atomic mass is 10.0. The van der Waals surface area contributed by atoms with Gasteiger partial charge in [-0.1, -0.05) is 42.5 Å². The van der Waals surface area contributed by atoms with Crippen LogP contribution in [-0.4, -0.2) is 52.5 Å². The Morgan fingerprint density at radius 2 is 1.77 bits per heavy atom. The summed E-state index contributed by atoms with van der Waals surface area (Å²) in [7, 11) is 1.34. The van der Waals surface area contributed by atoms with Gasteiger partial charge >= 0.3 is 6.03 Å². The average Bonchev–Trinajstić information content (AvgIpc) is 3.19. The minimum absolute atomic E-state index is 0.0819. The number of hydrogen-bond acceptors (Lipinski definition) is 5. The van der Waals surface area contributed by atoms with Gasteiger partial charge in [0.25, 0.3) is 11.8 Å². The molecule has 35 heavy (non-hydrogen) atoms. The van der Waals surface area contributed by atoms with E-state index >= 15 is 0 Å². The van der Waals surface area contributed by atoms with Crippen LogP contribution in [-0.2, 0) is 16.1 Å². The molecular formula is C26H22N4O5. The SMILES string of the molecule is CN(C(=O)Nc1ccc2ccccc2c1)C(=O)c1cccc2c1C(=O)N(C1CCC(=O)NC1=O)C2. The van der Waals surface area contributed by atoms with Crippen molar-refractivity contribution in [1.29, 1.82) is 0 Å². The largest absolute Gasteiger partial charge is 0.328 e. The van der Waals surface area contributed by atoms with E-state index in [9.17, 15) is 24.0 Å². The number of rotatable bonds is 3. The molecule has 0 saturated carbocycles. The van der Waals surface area contributed by atoms with Gasteiger partial charge in [-0.05, 0) is 41.0 Å². The Balaban J connectivity index is 1.35. The summed E-state index contributed by atoms with van der Waals surface area (Å²) in [5.41, 5.74) is 1.38. The van der Waals surface area contributed by atoms with Crippen molar-refractivity contribution in [2.24, 2.45) is 0 Å². The van der Waals surface area contributed by atoms with E-state index in [2.05, 4.69) is 10.6 Å². The second-order valence-corrected chi connectivity index (χ2v) is 8.60.